The van der Waals surface area contributed by atoms with E-state index in [0.29, 0.717) is 6.10 Å². The van der Waals surface area contributed by atoms with Crippen LogP contribution in [0.5, 0.6) is 0 Å². The van der Waals surface area contributed by atoms with Gasteiger partial charge in [0.2, 0.25) is 0 Å². The van der Waals surface area contributed by atoms with Gasteiger partial charge in [0.05, 0.1) is 12.7 Å². The van der Waals surface area contributed by atoms with Crippen LogP contribution in [0.3, 0.4) is 0 Å². The lowest BCUT2D eigenvalue weighted by Gasteiger charge is -2.39. The fraction of sp³-hybridized carbons (Fsp3) is 1.00. The Hall–Kier alpha value is -0.120. The molecule has 17 heavy (non-hydrogen) atoms. The van der Waals surface area contributed by atoms with E-state index in [1.807, 2.05) is 0 Å². The zero-order valence-electron chi connectivity index (χ0n) is 11.0. The molecule has 0 bridgehead atoms. The van der Waals surface area contributed by atoms with Crippen LogP contribution in [0, 0.1) is 5.92 Å². The van der Waals surface area contributed by atoms with Gasteiger partial charge in [-0.15, -0.1) is 0 Å². The van der Waals surface area contributed by atoms with Gasteiger partial charge in [0, 0.05) is 25.2 Å². The molecular weight excluding hydrogens is 212 g/mol. The number of nitrogens with zero attached hydrogens (tertiary/aromatic N) is 1. The first-order valence-electron chi connectivity index (χ1n) is 7.47. The van der Waals surface area contributed by atoms with E-state index in [0.717, 1.165) is 37.7 Å². The van der Waals surface area contributed by atoms with E-state index >= 15 is 0 Å². The molecule has 3 nitrogen and oxygen atoms in total. The Morgan fingerprint density at radius 1 is 1.29 bits per heavy atom. The Balaban J connectivity index is 1.58. The van der Waals surface area contributed by atoms with Gasteiger partial charge in [0.25, 0.3) is 0 Å². The molecule has 0 amide bonds. The molecule has 3 fully saturated rings. The van der Waals surface area contributed by atoms with Crippen molar-refractivity contribution in [3.8, 4) is 0 Å². The smallest absolute Gasteiger partial charge is 0.0730 e. The summed E-state index contributed by atoms with van der Waals surface area (Å²) in [4.78, 5) is 2.72. The largest absolute Gasteiger partial charge is 0.375 e. The van der Waals surface area contributed by atoms with Crippen molar-refractivity contribution in [3.05, 3.63) is 0 Å². The van der Waals surface area contributed by atoms with Gasteiger partial charge in [-0.2, -0.15) is 0 Å². The molecule has 1 aliphatic heterocycles. The molecule has 0 radical (unpaired) electrons. The van der Waals surface area contributed by atoms with Gasteiger partial charge < -0.3 is 10.1 Å². The number of hydrogen-bond acceptors (Lipinski definition) is 3. The van der Waals surface area contributed by atoms with E-state index in [4.69, 9.17) is 4.74 Å². The van der Waals surface area contributed by atoms with Crippen LogP contribution in [0.25, 0.3) is 0 Å². The zero-order valence-corrected chi connectivity index (χ0v) is 11.0. The third-order valence-electron chi connectivity index (χ3n) is 4.69. The van der Waals surface area contributed by atoms with Crippen LogP contribution >= 0.6 is 0 Å². The van der Waals surface area contributed by atoms with E-state index in [9.17, 15) is 0 Å². The lowest BCUT2D eigenvalue weighted by Crippen LogP contribution is -2.53. The highest BCUT2D eigenvalue weighted by Gasteiger charge is 2.39. The Bertz CT molecular complexity index is 255. The molecule has 0 aromatic rings. The molecule has 0 aromatic carbocycles. The molecule has 1 heterocycles. The topological polar surface area (TPSA) is 24.5 Å². The van der Waals surface area contributed by atoms with Crippen LogP contribution in [-0.4, -0.2) is 49.3 Å². The summed E-state index contributed by atoms with van der Waals surface area (Å²) in [5, 5.41) is 3.69. The Labute approximate surface area is 105 Å². The highest BCUT2D eigenvalue weighted by Crippen LogP contribution is 2.35. The average molecular weight is 238 g/mol. The third-order valence-corrected chi connectivity index (χ3v) is 4.69. The number of rotatable bonds is 5. The maximum Gasteiger partial charge on any atom is 0.0730 e. The Morgan fingerprint density at radius 3 is 2.94 bits per heavy atom. The van der Waals surface area contributed by atoms with Crippen molar-refractivity contribution in [1.82, 2.24) is 10.2 Å². The van der Waals surface area contributed by atoms with Crippen molar-refractivity contribution < 1.29 is 4.74 Å². The molecule has 0 aromatic heterocycles. The average Bonchev–Trinajstić information content (AvgIpc) is 3.07. The van der Waals surface area contributed by atoms with Crippen molar-refractivity contribution in [2.45, 2.75) is 57.2 Å². The van der Waals surface area contributed by atoms with Crippen LogP contribution in [-0.2, 0) is 4.74 Å². The van der Waals surface area contributed by atoms with Crippen molar-refractivity contribution in [2.24, 2.45) is 5.92 Å². The highest BCUT2D eigenvalue weighted by atomic mass is 16.5. The summed E-state index contributed by atoms with van der Waals surface area (Å²) < 4.78 is 5.89. The minimum Gasteiger partial charge on any atom is -0.375 e. The zero-order chi connectivity index (χ0) is 11.7. The standard InChI is InChI=1S/C14H26N2O/c1-2-15-12(11-6-7-11)10-16-8-9-17-14-5-3-4-13(14)16/h11-15H,2-10H2,1H3. The first-order valence-corrected chi connectivity index (χ1v) is 7.47. The molecule has 3 rings (SSSR count). The molecule has 2 saturated carbocycles. The lowest BCUT2D eigenvalue weighted by atomic mass is 10.1. The number of likely N-dealkylation sites (N-methyl/N-ethyl adjacent to an activating group) is 1. The molecule has 1 saturated heterocycles. The summed E-state index contributed by atoms with van der Waals surface area (Å²) in [6, 6.07) is 1.46. The second-order valence-electron chi connectivity index (χ2n) is 5.90. The van der Waals surface area contributed by atoms with Gasteiger partial charge in [-0.1, -0.05) is 6.92 Å². The van der Waals surface area contributed by atoms with Crippen molar-refractivity contribution >= 4 is 0 Å². The second-order valence-corrected chi connectivity index (χ2v) is 5.90. The maximum atomic E-state index is 5.89. The number of hydrogen-bond donors (Lipinski definition) is 1. The van der Waals surface area contributed by atoms with Crippen molar-refractivity contribution in [2.75, 3.05) is 26.2 Å². The first-order chi connectivity index (χ1) is 8.38. The minimum atomic E-state index is 0.547. The minimum absolute atomic E-state index is 0.547. The number of morpholine rings is 1. The van der Waals surface area contributed by atoms with Crippen LogP contribution < -0.4 is 5.32 Å². The van der Waals surface area contributed by atoms with E-state index in [1.165, 1.54) is 38.6 Å². The molecule has 3 atom stereocenters. The van der Waals surface area contributed by atoms with Crippen LogP contribution in [0.2, 0.25) is 0 Å². The second kappa shape index (κ2) is 5.25. The highest BCUT2D eigenvalue weighted by molar-refractivity contribution is 4.94. The number of nitrogens with one attached hydrogen (secondary N) is 1. The summed E-state index contributed by atoms with van der Waals surface area (Å²) >= 11 is 0. The van der Waals surface area contributed by atoms with E-state index in [2.05, 4.69) is 17.1 Å². The van der Waals surface area contributed by atoms with Crippen molar-refractivity contribution in [1.29, 1.82) is 0 Å². The Morgan fingerprint density at radius 2 is 2.18 bits per heavy atom. The predicted octanol–water partition coefficient (Wildman–Crippen LogP) is 1.63. The summed E-state index contributed by atoms with van der Waals surface area (Å²) in [5.74, 6) is 0.956. The molecule has 2 aliphatic carbocycles. The van der Waals surface area contributed by atoms with Gasteiger partial charge in [-0.25, -0.2) is 0 Å². The maximum absolute atomic E-state index is 5.89. The van der Waals surface area contributed by atoms with Gasteiger partial charge in [-0.3, -0.25) is 4.90 Å². The van der Waals surface area contributed by atoms with Crippen LogP contribution in [0.1, 0.15) is 39.0 Å². The van der Waals surface area contributed by atoms with Gasteiger partial charge in [0.1, 0.15) is 0 Å². The first kappa shape index (κ1) is 11.9. The van der Waals surface area contributed by atoms with E-state index in [1.54, 1.807) is 0 Å². The number of fused-ring (bicyclic) bond motifs is 1. The van der Waals surface area contributed by atoms with Crippen LogP contribution in [0.4, 0.5) is 0 Å². The lowest BCUT2D eigenvalue weighted by molar-refractivity contribution is -0.0587. The summed E-state index contributed by atoms with van der Waals surface area (Å²) in [6.45, 7) is 6.69. The van der Waals surface area contributed by atoms with Crippen molar-refractivity contribution in [3.63, 3.8) is 0 Å². The fourth-order valence-electron chi connectivity index (χ4n) is 3.63. The normalized spacial score (nSPS) is 35.8. The third kappa shape index (κ3) is 2.67. The molecule has 3 heteroatoms. The van der Waals surface area contributed by atoms with Gasteiger partial charge in [0.15, 0.2) is 0 Å². The molecule has 3 unspecified atom stereocenters. The molecule has 3 aliphatic rings. The summed E-state index contributed by atoms with van der Waals surface area (Å²) in [7, 11) is 0. The fourth-order valence-corrected chi connectivity index (χ4v) is 3.63. The van der Waals surface area contributed by atoms with E-state index < -0.39 is 0 Å². The monoisotopic (exact) mass is 238 g/mol. The predicted molar refractivity (Wildman–Crippen MR) is 69.1 cm³/mol. The molecule has 0 spiro atoms. The molecular formula is C14H26N2O. The van der Waals surface area contributed by atoms with Gasteiger partial charge >= 0.3 is 0 Å². The SMILES string of the molecule is CCNC(CN1CCOC2CCCC21)C1CC1. The van der Waals surface area contributed by atoms with Crippen LogP contribution in [0.15, 0.2) is 0 Å². The van der Waals surface area contributed by atoms with Gasteiger partial charge in [-0.05, 0) is 44.6 Å². The van der Waals surface area contributed by atoms with E-state index in [-0.39, 0.29) is 0 Å². The molecule has 98 valence electrons. The number of ether oxygens (including phenoxy) is 1. The summed E-state index contributed by atoms with van der Waals surface area (Å²) in [6.07, 6.45) is 7.43. The quantitative estimate of drug-likeness (QED) is 0.788. The summed E-state index contributed by atoms with van der Waals surface area (Å²) in [5.41, 5.74) is 0. The molecule has 1 N–H and O–H groups in total. The Kier molecular flexibility index (Phi) is 3.69.